The Balaban J connectivity index is 1.43. The lowest BCUT2D eigenvalue weighted by Crippen LogP contribution is -2.45. The monoisotopic (exact) mass is 311 g/mol. The van der Waals surface area contributed by atoms with Crippen LogP contribution in [-0.2, 0) is 4.79 Å². The predicted molar refractivity (Wildman–Crippen MR) is 74.4 cm³/mol. The van der Waals surface area contributed by atoms with Gasteiger partial charge in [0.05, 0.1) is 0 Å². The Morgan fingerprint density at radius 3 is 2.44 bits per heavy atom. The standard InChI is InChI=1S/C15H22BrNO/c1-8-4-5-17(7-11(8)16)15(18)14-12-9-2-3-10(6-9)13(12)14/h8-14H,2-7H2,1H3. The van der Waals surface area contributed by atoms with E-state index >= 15 is 0 Å². The molecule has 1 amide bonds. The highest BCUT2D eigenvalue weighted by Crippen LogP contribution is 2.69. The maximum Gasteiger partial charge on any atom is 0.226 e. The normalized spacial score (nSPS) is 53.4. The van der Waals surface area contributed by atoms with Gasteiger partial charge in [0, 0.05) is 23.8 Å². The highest BCUT2D eigenvalue weighted by Gasteiger charge is 2.68. The molecule has 1 heterocycles. The van der Waals surface area contributed by atoms with Crippen LogP contribution in [-0.4, -0.2) is 28.7 Å². The summed E-state index contributed by atoms with van der Waals surface area (Å²) in [6, 6.07) is 0. The average molecular weight is 312 g/mol. The molecule has 3 saturated carbocycles. The molecule has 6 atom stereocenters. The summed E-state index contributed by atoms with van der Waals surface area (Å²) < 4.78 is 0. The molecule has 0 aromatic heterocycles. The van der Waals surface area contributed by atoms with Crippen molar-refractivity contribution in [2.24, 2.45) is 35.5 Å². The topological polar surface area (TPSA) is 20.3 Å². The molecule has 4 rings (SSSR count). The van der Waals surface area contributed by atoms with Gasteiger partial charge in [-0.05, 0) is 55.3 Å². The van der Waals surface area contributed by atoms with Crippen molar-refractivity contribution in [1.82, 2.24) is 4.90 Å². The van der Waals surface area contributed by atoms with E-state index in [9.17, 15) is 4.79 Å². The van der Waals surface area contributed by atoms with Gasteiger partial charge in [-0.3, -0.25) is 4.79 Å². The number of piperidine rings is 1. The third-order valence-electron chi connectivity index (χ3n) is 6.20. The fraction of sp³-hybridized carbons (Fsp3) is 0.933. The van der Waals surface area contributed by atoms with E-state index < -0.39 is 0 Å². The molecule has 3 heteroatoms. The molecule has 0 aromatic carbocycles. The third-order valence-corrected chi connectivity index (χ3v) is 7.39. The van der Waals surface area contributed by atoms with Gasteiger partial charge >= 0.3 is 0 Å². The van der Waals surface area contributed by atoms with Gasteiger partial charge in [0.2, 0.25) is 5.91 Å². The molecule has 4 aliphatic rings. The molecule has 100 valence electrons. The first-order chi connectivity index (χ1) is 8.66. The van der Waals surface area contributed by atoms with Crippen LogP contribution < -0.4 is 0 Å². The van der Waals surface area contributed by atoms with Crippen molar-refractivity contribution in [2.45, 2.75) is 37.4 Å². The molecule has 18 heavy (non-hydrogen) atoms. The number of alkyl halides is 1. The summed E-state index contributed by atoms with van der Waals surface area (Å²) in [6.45, 7) is 4.21. The Morgan fingerprint density at radius 1 is 1.17 bits per heavy atom. The summed E-state index contributed by atoms with van der Waals surface area (Å²) in [4.78, 5) is 15.3. The largest absolute Gasteiger partial charge is 0.341 e. The molecule has 1 aliphatic heterocycles. The second kappa shape index (κ2) is 3.97. The number of nitrogens with zero attached hydrogens (tertiary/aromatic N) is 1. The first-order valence-corrected chi connectivity index (χ1v) is 8.51. The van der Waals surface area contributed by atoms with E-state index in [1.807, 2.05) is 0 Å². The average Bonchev–Trinajstić information content (AvgIpc) is 2.80. The molecule has 4 fully saturated rings. The zero-order valence-electron chi connectivity index (χ0n) is 11.0. The van der Waals surface area contributed by atoms with E-state index in [2.05, 4.69) is 27.8 Å². The summed E-state index contributed by atoms with van der Waals surface area (Å²) in [6.07, 6.45) is 5.43. The third kappa shape index (κ3) is 1.55. The van der Waals surface area contributed by atoms with Crippen molar-refractivity contribution in [2.75, 3.05) is 13.1 Å². The minimum atomic E-state index is 0.435. The maximum absolute atomic E-state index is 12.7. The van der Waals surface area contributed by atoms with Crippen molar-refractivity contribution in [1.29, 1.82) is 0 Å². The Bertz CT molecular complexity index is 369. The van der Waals surface area contributed by atoms with Crippen LogP contribution in [0.3, 0.4) is 0 Å². The van der Waals surface area contributed by atoms with Gasteiger partial charge in [-0.1, -0.05) is 22.9 Å². The molecule has 2 nitrogen and oxygen atoms in total. The summed E-state index contributed by atoms with van der Waals surface area (Å²) in [5.74, 6) is 5.06. The fourth-order valence-corrected chi connectivity index (χ4v) is 5.70. The van der Waals surface area contributed by atoms with Gasteiger partial charge in [-0.25, -0.2) is 0 Å². The first kappa shape index (κ1) is 11.7. The van der Waals surface area contributed by atoms with Gasteiger partial charge in [0.1, 0.15) is 0 Å². The van der Waals surface area contributed by atoms with E-state index in [-0.39, 0.29) is 0 Å². The number of halogens is 1. The first-order valence-electron chi connectivity index (χ1n) is 7.59. The van der Waals surface area contributed by atoms with Crippen LogP contribution in [0.4, 0.5) is 0 Å². The second-order valence-electron chi connectivity index (χ2n) is 7.08. The smallest absolute Gasteiger partial charge is 0.226 e. The second-order valence-corrected chi connectivity index (χ2v) is 8.26. The van der Waals surface area contributed by atoms with Gasteiger partial charge in [0.15, 0.2) is 0 Å². The highest BCUT2D eigenvalue weighted by molar-refractivity contribution is 9.09. The molecule has 3 aliphatic carbocycles. The van der Waals surface area contributed by atoms with Crippen LogP contribution in [0.25, 0.3) is 0 Å². The predicted octanol–water partition coefficient (Wildman–Crippen LogP) is 2.91. The molecular formula is C15H22BrNO. The quantitative estimate of drug-likeness (QED) is 0.682. The summed E-state index contributed by atoms with van der Waals surface area (Å²) in [7, 11) is 0. The minimum absolute atomic E-state index is 0.435. The number of hydrogen-bond acceptors (Lipinski definition) is 1. The van der Waals surface area contributed by atoms with Crippen LogP contribution in [0.1, 0.15) is 32.6 Å². The van der Waals surface area contributed by atoms with Crippen LogP contribution in [0, 0.1) is 35.5 Å². The van der Waals surface area contributed by atoms with Crippen LogP contribution >= 0.6 is 15.9 Å². The lowest BCUT2D eigenvalue weighted by atomic mass is 9.97. The summed E-state index contributed by atoms with van der Waals surface area (Å²) in [5, 5.41) is 0. The molecule has 6 unspecified atom stereocenters. The lowest BCUT2D eigenvalue weighted by molar-refractivity contribution is -0.134. The van der Waals surface area contributed by atoms with Crippen molar-refractivity contribution < 1.29 is 4.79 Å². The number of fused-ring (bicyclic) bond motifs is 5. The summed E-state index contributed by atoms with van der Waals surface area (Å²) in [5.41, 5.74) is 0. The highest BCUT2D eigenvalue weighted by atomic mass is 79.9. The van der Waals surface area contributed by atoms with Gasteiger partial charge in [-0.2, -0.15) is 0 Å². The Labute approximate surface area is 118 Å². The Hall–Kier alpha value is -0.0500. The summed E-state index contributed by atoms with van der Waals surface area (Å²) >= 11 is 3.74. The molecule has 0 aromatic rings. The number of amides is 1. The van der Waals surface area contributed by atoms with Crippen molar-refractivity contribution in [3.05, 3.63) is 0 Å². The number of likely N-dealkylation sites (tertiary alicyclic amines) is 1. The van der Waals surface area contributed by atoms with E-state index in [0.29, 0.717) is 22.6 Å². The van der Waals surface area contributed by atoms with E-state index in [1.165, 1.54) is 19.3 Å². The van der Waals surface area contributed by atoms with Gasteiger partial charge in [-0.15, -0.1) is 0 Å². The SMILES string of the molecule is CC1CCN(C(=O)C2C3C4CCC(C4)C23)CC1Br. The molecule has 0 spiro atoms. The molecule has 2 bridgehead atoms. The van der Waals surface area contributed by atoms with Crippen LogP contribution in [0.5, 0.6) is 0 Å². The number of carbonyl (C=O) groups excluding carboxylic acids is 1. The molecule has 0 radical (unpaired) electrons. The fourth-order valence-electron chi connectivity index (χ4n) is 5.09. The number of rotatable bonds is 1. The lowest BCUT2D eigenvalue weighted by Gasteiger charge is -2.34. The zero-order chi connectivity index (χ0) is 12.4. The van der Waals surface area contributed by atoms with Gasteiger partial charge in [0.25, 0.3) is 0 Å². The van der Waals surface area contributed by atoms with E-state index in [0.717, 1.165) is 43.2 Å². The molecule has 1 saturated heterocycles. The van der Waals surface area contributed by atoms with Crippen LogP contribution in [0.2, 0.25) is 0 Å². The minimum Gasteiger partial charge on any atom is -0.341 e. The Morgan fingerprint density at radius 2 is 1.83 bits per heavy atom. The molecule has 0 N–H and O–H groups in total. The van der Waals surface area contributed by atoms with Crippen molar-refractivity contribution in [3.63, 3.8) is 0 Å². The van der Waals surface area contributed by atoms with E-state index in [1.54, 1.807) is 0 Å². The van der Waals surface area contributed by atoms with E-state index in [4.69, 9.17) is 0 Å². The number of carbonyl (C=O) groups is 1. The van der Waals surface area contributed by atoms with Crippen molar-refractivity contribution in [3.8, 4) is 0 Å². The molecular weight excluding hydrogens is 290 g/mol. The van der Waals surface area contributed by atoms with Gasteiger partial charge < -0.3 is 4.90 Å². The Kier molecular flexibility index (Phi) is 2.59. The zero-order valence-corrected chi connectivity index (χ0v) is 12.6. The van der Waals surface area contributed by atoms with Crippen molar-refractivity contribution >= 4 is 21.8 Å². The maximum atomic E-state index is 12.7. The van der Waals surface area contributed by atoms with Crippen LogP contribution in [0.15, 0.2) is 0 Å². The number of hydrogen-bond donors (Lipinski definition) is 0.